The maximum absolute atomic E-state index is 11.2. The first kappa shape index (κ1) is 8.93. The third-order valence-electron chi connectivity index (χ3n) is 2.24. The fraction of sp³-hybridized carbons (Fsp3) is 0.444. The fourth-order valence-corrected chi connectivity index (χ4v) is 1.52. The minimum atomic E-state index is 0.134. The minimum absolute atomic E-state index is 0.134. The summed E-state index contributed by atoms with van der Waals surface area (Å²) in [6, 6.07) is 1.90. The van der Waals surface area contributed by atoms with E-state index in [0.717, 1.165) is 6.54 Å². The van der Waals surface area contributed by atoms with Crippen molar-refractivity contribution in [1.82, 2.24) is 14.9 Å². The van der Waals surface area contributed by atoms with Gasteiger partial charge >= 0.3 is 0 Å². The number of amides is 1. The molecule has 0 saturated carbocycles. The standard InChI is InChI=1S/C9H12N4O/c1-13-6-7(5-8(13)14)12-9-10-3-2-4-11-9/h2-4,7H,5-6H2,1H3,(H,10,11,12). The van der Waals surface area contributed by atoms with Crippen LogP contribution in [0.3, 0.4) is 0 Å². The van der Waals surface area contributed by atoms with E-state index in [9.17, 15) is 4.79 Å². The molecule has 0 spiro atoms. The lowest BCUT2D eigenvalue weighted by Gasteiger charge is -2.11. The molecular weight excluding hydrogens is 180 g/mol. The van der Waals surface area contributed by atoms with E-state index in [2.05, 4.69) is 15.3 Å². The summed E-state index contributed by atoms with van der Waals surface area (Å²) < 4.78 is 0. The van der Waals surface area contributed by atoms with E-state index in [4.69, 9.17) is 0 Å². The van der Waals surface area contributed by atoms with Gasteiger partial charge in [-0.2, -0.15) is 0 Å². The van der Waals surface area contributed by atoms with E-state index in [1.807, 2.05) is 0 Å². The van der Waals surface area contributed by atoms with Crippen LogP contribution >= 0.6 is 0 Å². The van der Waals surface area contributed by atoms with E-state index in [1.54, 1.807) is 30.4 Å². The summed E-state index contributed by atoms with van der Waals surface area (Å²) in [4.78, 5) is 21.0. The Morgan fingerprint density at radius 3 is 2.79 bits per heavy atom. The van der Waals surface area contributed by atoms with E-state index in [-0.39, 0.29) is 11.9 Å². The second-order valence-corrected chi connectivity index (χ2v) is 3.39. The predicted octanol–water partition coefficient (Wildman–Crippen LogP) is 0.119. The maximum Gasteiger partial charge on any atom is 0.224 e. The van der Waals surface area contributed by atoms with Gasteiger partial charge in [0.1, 0.15) is 0 Å². The zero-order chi connectivity index (χ0) is 9.97. The largest absolute Gasteiger partial charge is 0.349 e. The minimum Gasteiger partial charge on any atom is -0.349 e. The van der Waals surface area contributed by atoms with E-state index >= 15 is 0 Å². The molecule has 74 valence electrons. The van der Waals surface area contributed by atoms with Crippen molar-refractivity contribution in [2.24, 2.45) is 0 Å². The van der Waals surface area contributed by atoms with Crippen LogP contribution in [-0.2, 0) is 4.79 Å². The Morgan fingerprint density at radius 2 is 2.21 bits per heavy atom. The van der Waals surface area contributed by atoms with Crippen LogP contribution in [0.5, 0.6) is 0 Å². The normalized spacial score (nSPS) is 21.4. The summed E-state index contributed by atoms with van der Waals surface area (Å²) in [6.45, 7) is 0.719. The van der Waals surface area contributed by atoms with Crippen LogP contribution in [0, 0.1) is 0 Å². The van der Waals surface area contributed by atoms with Gasteiger partial charge in [0.2, 0.25) is 11.9 Å². The zero-order valence-corrected chi connectivity index (χ0v) is 7.97. The molecule has 1 amide bonds. The number of aromatic nitrogens is 2. The monoisotopic (exact) mass is 192 g/mol. The van der Waals surface area contributed by atoms with Gasteiger partial charge in [0.25, 0.3) is 0 Å². The van der Waals surface area contributed by atoms with Gasteiger partial charge in [0.05, 0.1) is 6.04 Å². The summed E-state index contributed by atoms with van der Waals surface area (Å²) >= 11 is 0. The number of rotatable bonds is 2. The highest BCUT2D eigenvalue weighted by Gasteiger charge is 2.26. The van der Waals surface area contributed by atoms with Gasteiger partial charge in [0.15, 0.2) is 0 Å². The Balaban J connectivity index is 1.97. The highest BCUT2D eigenvalue weighted by molar-refractivity contribution is 5.79. The molecule has 2 heterocycles. The van der Waals surface area contributed by atoms with E-state index in [0.29, 0.717) is 12.4 Å². The van der Waals surface area contributed by atoms with Crippen molar-refractivity contribution in [2.45, 2.75) is 12.5 Å². The van der Waals surface area contributed by atoms with Crippen molar-refractivity contribution in [1.29, 1.82) is 0 Å². The van der Waals surface area contributed by atoms with E-state index < -0.39 is 0 Å². The summed E-state index contributed by atoms with van der Waals surface area (Å²) in [7, 11) is 1.80. The second kappa shape index (κ2) is 3.61. The molecule has 1 fully saturated rings. The van der Waals surface area contributed by atoms with Crippen LogP contribution in [0.1, 0.15) is 6.42 Å². The molecule has 1 aliphatic heterocycles. The van der Waals surface area contributed by atoms with Crippen molar-refractivity contribution < 1.29 is 4.79 Å². The van der Waals surface area contributed by atoms with Crippen LogP contribution in [0.4, 0.5) is 5.95 Å². The number of nitrogens with one attached hydrogen (secondary N) is 1. The Labute approximate surface area is 82.2 Å². The molecule has 0 aliphatic carbocycles. The van der Waals surface area contributed by atoms with Crippen LogP contribution in [0.2, 0.25) is 0 Å². The molecule has 2 rings (SSSR count). The molecule has 0 radical (unpaired) electrons. The average molecular weight is 192 g/mol. The highest BCUT2D eigenvalue weighted by atomic mass is 16.2. The third kappa shape index (κ3) is 1.81. The quantitative estimate of drug-likeness (QED) is 0.723. The van der Waals surface area contributed by atoms with Crippen molar-refractivity contribution in [3.05, 3.63) is 18.5 Å². The topological polar surface area (TPSA) is 58.1 Å². The first-order valence-corrected chi connectivity index (χ1v) is 4.53. The first-order chi connectivity index (χ1) is 6.75. The van der Waals surface area contributed by atoms with Crippen LogP contribution in [-0.4, -0.2) is 40.4 Å². The van der Waals surface area contributed by atoms with Gasteiger partial charge < -0.3 is 10.2 Å². The summed E-state index contributed by atoms with van der Waals surface area (Å²) in [5.41, 5.74) is 0. The molecule has 1 aromatic heterocycles. The lowest BCUT2D eigenvalue weighted by molar-refractivity contribution is -0.126. The van der Waals surface area contributed by atoms with Crippen molar-refractivity contribution in [2.75, 3.05) is 18.9 Å². The van der Waals surface area contributed by atoms with Gasteiger partial charge in [0, 0.05) is 32.4 Å². The number of anilines is 1. The van der Waals surface area contributed by atoms with Crippen LogP contribution in [0.25, 0.3) is 0 Å². The van der Waals surface area contributed by atoms with Crippen LogP contribution in [0.15, 0.2) is 18.5 Å². The molecular formula is C9H12N4O. The molecule has 1 aromatic rings. The number of hydrogen-bond acceptors (Lipinski definition) is 4. The number of likely N-dealkylation sites (N-methyl/N-ethyl adjacent to an activating group) is 1. The molecule has 5 heteroatoms. The van der Waals surface area contributed by atoms with E-state index in [1.165, 1.54) is 0 Å². The fourth-order valence-electron chi connectivity index (χ4n) is 1.52. The Hall–Kier alpha value is -1.65. The summed E-state index contributed by atoms with van der Waals surface area (Å²) in [6.07, 6.45) is 3.88. The van der Waals surface area contributed by atoms with Gasteiger partial charge in [-0.3, -0.25) is 4.79 Å². The second-order valence-electron chi connectivity index (χ2n) is 3.39. The van der Waals surface area contributed by atoms with Gasteiger partial charge in [-0.1, -0.05) is 0 Å². The molecule has 1 aliphatic rings. The number of carbonyl (C=O) groups is 1. The average Bonchev–Trinajstić information content (AvgIpc) is 2.47. The highest BCUT2D eigenvalue weighted by Crippen LogP contribution is 2.11. The molecule has 1 saturated heterocycles. The number of nitrogens with zero attached hydrogens (tertiary/aromatic N) is 3. The summed E-state index contributed by atoms with van der Waals surface area (Å²) in [5.74, 6) is 0.749. The number of carbonyl (C=O) groups excluding carboxylic acids is 1. The van der Waals surface area contributed by atoms with Gasteiger partial charge in [-0.25, -0.2) is 9.97 Å². The zero-order valence-electron chi connectivity index (χ0n) is 7.97. The third-order valence-corrected chi connectivity index (χ3v) is 2.24. The number of likely N-dealkylation sites (tertiary alicyclic amines) is 1. The van der Waals surface area contributed by atoms with Crippen molar-refractivity contribution in [3.8, 4) is 0 Å². The molecule has 1 atom stereocenters. The lowest BCUT2D eigenvalue weighted by Crippen LogP contribution is -2.24. The van der Waals surface area contributed by atoms with Crippen molar-refractivity contribution in [3.63, 3.8) is 0 Å². The Morgan fingerprint density at radius 1 is 1.50 bits per heavy atom. The molecule has 0 bridgehead atoms. The first-order valence-electron chi connectivity index (χ1n) is 4.53. The SMILES string of the molecule is CN1CC(Nc2ncccn2)CC1=O. The summed E-state index contributed by atoms with van der Waals surface area (Å²) in [5, 5.41) is 3.12. The molecule has 1 N–H and O–H groups in total. The molecule has 14 heavy (non-hydrogen) atoms. The number of hydrogen-bond donors (Lipinski definition) is 1. The Kier molecular flexibility index (Phi) is 2.30. The Bertz CT molecular complexity index is 327. The van der Waals surface area contributed by atoms with Crippen molar-refractivity contribution >= 4 is 11.9 Å². The van der Waals surface area contributed by atoms with Gasteiger partial charge in [-0.15, -0.1) is 0 Å². The maximum atomic E-state index is 11.2. The molecule has 0 aromatic carbocycles. The van der Waals surface area contributed by atoms with Gasteiger partial charge in [-0.05, 0) is 6.07 Å². The predicted molar refractivity (Wildman–Crippen MR) is 51.7 cm³/mol. The lowest BCUT2D eigenvalue weighted by atomic mass is 10.3. The molecule has 5 nitrogen and oxygen atoms in total. The smallest absolute Gasteiger partial charge is 0.224 e. The van der Waals surface area contributed by atoms with Crippen LogP contribution < -0.4 is 5.32 Å². The molecule has 1 unspecified atom stereocenters.